The van der Waals surface area contributed by atoms with E-state index in [-0.39, 0.29) is 11.6 Å². The molecule has 21 heavy (non-hydrogen) atoms. The summed E-state index contributed by atoms with van der Waals surface area (Å²) in [7, 11) is 1.58. The van der Waals surface area contributed by atoms with Crippen molar-refractivity contribution in [3.8, 4) is 11.5 Å². The van der Waals surface area contributed by atoms with Crippen LogP contribution >= 0.6 is 11.6 Å². The highest BCUT2D eigenvalue weighted by Gasteiger charge is 2.09. The fourth-order valence-electron chi connectivity index (χ4n) is 1.97. The molecule has 0 spiro atoms. The molecule has 0 amide bonds. The molecule has 0 atom stereocenters. The van der Waals surface area contributed by atoms with Crippen molar-refractivity contribution in [2.75, 3.05) is 13.7 Å². The molecule has 112 valence electrons. The first-order chi connectivity index (χ1) is 10.2. The first-order valence-electron chi connectivity index (χ1n) is 6.58. The van der Waals surface area contributed by atoms with Gasteiger partial charge in [-0.3, -0.25) is 0 Å². The Hall–Kier alpha value is -1.78. The smallest absolute Gasteiger partial charge is 0.148 e. The van der Waals surface area contributed by atoms with Crippen molar-refractivity contribution in [2.24, 2.45) is 5.73 Å². The van der Waals surface area contributed by atoms with Crippen LogP contribution in [0.15, 0.2) is 36.4 Å². The molecular weight excluding hydrogens is 293 g/mol. The van der Waals surface area contributed by atoms with Gasteiger partial charge >= 0.3 is 0 Å². The largest absolute Gasteiger partial charge is 0.497 e. The minimum atomic E-state index is -0.456. The summed E-state index contributed by atoms with van der Waals surface area (Å²) in [5.41, 5.74) is 6.95. The van der Waals surface area contributed by atoms with E-state index in [0.717, 1.165) is 5.56 Å². The number of methoxy groups -OCH3 is 1. The maximum absolute atomic E-state index is 13.8. The fraction of sp³-hybridized carbons (Fsp3) is 0.250. The van der Waals surface area contributed by atoms with Gasteiger partial charge in [0.05, 0.1) is 12.1 Å². The van der Waals surface area contributed by atoms with Crippen molar-refractivity contribution in [3.63, 3.8) is 0 Å². The average Bonchev–Trinajstić information content (AvgIpc) is 2.50. The Kier molecular flexibility index (Phi) is 5.42. The second-order valence-electron chi connectivity index (χ2n) is 4.51. The zero-order valence-corrected chi connectivity index (χ0v) is 12.5. The normalized spacial score (nSPS) is 10.5. The quantitative estimate of drug-likeness (QED) is 0.887. The number of hydrogen-bond donors (Lipinski definition) is 1. The van der Waals surface area contributed by atoms with Crippen LogP contribution in [0.2, 0.25) is 5.02 Å². The van der Waals surface area contributed by atoms with Crippen LogP contribution in [0, 0.1) is 5.82 Å². The monoisotopic (exact) mass is 309 g/mol. The topological polar surface area (TPSA) is 44.5 Å². The Balaban J connectivity index is 2.20. The predicted octanol–water partition coefficient (Wildman–Crippen LogP) is 3.57. The Morgan fingerprint density at radius 2 is 2.00 bits per heavy atom. The summed E-state index contributed by atoms with van der Waals surface area (Å²) in [4.78, 5) is 0. The maximum Gasteiger partial charge on any atom is 0.148 e. The van der Waals surface area contributed by atoms with Gasteiger partial charge in [0, 0.05) is 11.6 Å². The van der Waals surface area contributed by atoms with Crippen molar-refractivity contribution in [2.45, 2.75) is 13.0 Å². The predicted molar refractivity (Wildman–Crippen MR) is 81.5 cm³/mol. The molecule has 5 heteroatoms. The highest BCUT2D eigenvalue weighted by molar-refractivity contribution is 6.30. The maximum atomic E-state index is 13.8. The van der Waals surface area contributed by atoms with Crippen LogP contribution in [-0.4, -0.2) is 13.7 Å². The summed E-state index contributed by atoms with van der Waals surface area (Å²) in [6.45, 7) is 0.603. The lowest BCUT2D eigenvalue weighted by Crippen LogP contribution is -2.06. The number of ether oxygens (including phenoxy) is 2. The van der Waals surface area contributed by atoms with Crippen LogP contribution in [0.3, 0.4) is 0 Å². The molecule has 3 nitrogen and oxygen atoms in total. The zero-order valence-electron chi connectivity index (χ0n) is 11.7. The van der Waals surface area contributed by atoms with Gasteiger partial charge in [-0.25, -0.2) is 4.39 Å². The fourth-order valence-corrected chi connectivity index (χ4v) is 2.17. The first kappa shape index (κ1) is 15.6. The lowest BCUT2D eigenvalue weighted by atomic mass is 10.1. The van der Waals surface area contributed by atoms with E-state index < -0.39 is 5.82 Å². The third-order valence-corrected chi connectivity index (χ3v) is 3.39. The third kappa shape index (κ3) is 3.86. The van der Waals surface area contributed by atoms with Crippen LogP contribution in [0.4, 0.5) is 4.39 Å². The van der Waals surface area contributed by atoms with Crippen molar-refractivity contribution >= 4 is 11.6 Å². The molecule has 0 saturated carbocycles. The summed E-state index contributed by atoms with van der Waals surface area (Å²) in [5.74, 6) is 0.860. The number of rotatable bonds is 6. The van der Waals surface area contributed by atoms with Gasteiger partial charge in [0.25, 0.3) is 0 Å². The highest BCUT2D eigenvalue weighted by Crippen LogP contribution is 2.27. The van der Waals surface area contributed by atoms with E-state index in [1.165, 1.54) is 6.07 Å². The summed E-state index contributed by atoms with van der Waals surface area (Å²) < 4.78 is 24.7. The molecule has 2 aromatic carbocycles. The standard InChI is InChI=1S/C16H17ClFNO2/c1-20-13-6-5-11(7-8-19)15(9-13)21-10-12-3-2-4-14(17)16(12)18/h2-6,9H,7-8,10,19H2,1H3. The molecule has 0 radical (unpaired) electrons. The number of halogens is 2. The summed E-state index contributed by atoms with van der Waals surface area (Å²) >= 11 is 5.76. The third-order valence-electron chi connectivity index (χ3n) is 3.10. The second kappa shape index (κ2) is 7.29. The molecule has 0 aliphatic heterocycles. The summed E-state index contributed by atoms with van der Waals surface area (Å²) in [6, 6.07) is 10.4. The lowest BCUT2D eigenvalue weighted by Gasteiger charge is -2.13. The zero-order chi connectivity index (χ0) is 15.2. The molecule has 0 heterocycles. The van der Waals surface area contributed by atoms with E-state index >= 15 is 0 Å². The Morgan fingerprint density at radius 1 is 1.19 bits per heavy atom. The number of hydrogen-bond acceptors (Lipinski definition) is 3. The minimum absolute atomic E-state index is 0.0870. The van der Waals surface area contributed by atoms with Crippen LogP contribution in [0.5, 0.6) is 11.5 Å². The van der Waals surface area contributed by atoms with Gasteiger partial charge in [-0.15, -0.1) is 0 Å². The van der Waals surface area contributed by atoms with E-state index in [1.54, 1.807) is 25.3 Å². The lowest BCUT2D eigenvalue weighted by molar-refractivity contribution is 0.294. The Bertz CT molecular complexity index is 619. The van der Waals surface area contributed by atoms with Gasteiger partial charge in [0.2, 0.25) is 0 Å². The van der Waals surface area contributed by atoms with Crippen molar-refractivity contribution in [3.05, 3.63) is 58.4 Å². The number of nitrogens with two attached hydrogens (primary N) is 1. The van der Waals surface area contributed by atoms with E-state index in [4.69, 9.17) is 26.8 Å². The molecule has 2 aromatic rings. The van der Waals surface area contributed by atoms with Gasteiger partial charge in [-0.05, 0) is 30.7 Å². The van der Waals surface area contributed by atoms with Crippen molar-refractivity contribution < 1.29 is 13.9 Å². The van der Waals surface area contributed by atoms with Crippen LogP contribution < -0.4 is 15.2 Å². The van der Waals surface area contributed by atoms with Crippen LogP contribution in [-0.2, 0) is 13.0 Å². The molecular formula is C16H17ClFNO2. The highest BCUT2D eigenvalue weighted by atomic mass is 35.5. The van der Waals surface area contributed by atoms with Gasteiger partial charge < -0.3 is 15.2 Å². The van der Waals surface area contributed by atoms with E-state index in [0.29, 0.717) is 30.0 Å². The van der Waals surface area contributed by atoms with Crippen LogP contribution in [0.1, 0.15) is 11.1 Å². The van der Waals surface area contributed by atoms with Gasteiger partial charge in [-0.1, -0.05) is 29.8 Å². The van der Waals surface area contributed by atoms with E-state index in [9.17, 15) is 4.39 Å². The number of benzene rings is 2. The SMILES string of the molecule is COc1ccc(CCN)c(OCc2cccc(Cl)c2F)c1. The second-order valence-corrected chi connectivity index (χ2v) is 4.92. The Morgan fingerprint density at radius 3 is 2.71 bits per heavy atom. The molecule has 0 aliphatic rings. The molecule has 2 rings (SSSR count). The Labute approximate surface area is 128 Å². The molecule has 0 bridgehead atoms. The molecule has 0 aromatic heterocycles. The van der Waals surface area contributed by atoms with Crippen molar-refractivity contribution in [1.29, 1.82) is 0 Å². The summed E-state index contributed by atoms with van der Waals surface area (Å²) in [6.07, 6.45) is 0.678. The van der Waals surface area contributed by atoms with Crippen LogP contribution in [0.25, 0.3) is 0 Å². The van der Waals surface area contributed by atoms with Gasteiger partial charge in [0.1, 0.15) is 23.9 Å². The van der Waals surface area contributed by atoms with Crippen molar-refractivity contribution in [1.82, 2.24) is 0 Å². The first-order valence-corrected chi connectivity index (χ1v) is 6.96. The molecule has 0 aliphatic carbocycles. The molecule has 0 saturated heterocycles. The van der Waals surface area contributed by atoms with Gasteiger partial charge in [0.15, 0.2) is 0 Å². The average molecular weight is 310 g/mol. The molecule has 0 unspecified atom stereocenters. The van der Waals surface area contributed by atoms with E-state index in [2.05, 4.69) is 0 Å². The molecule has 0 fully saturated rings. The molecule has 2 N–H and O–H groups in total. The minimum Gasteiger partial charge on any atom is -0.497 e. The van der Waals surface area contributed by atoms with Gasteiger partial charge in [-0.2, -0.15) is 0 Å². The summed E-state index contributed by atoms with van der Waals surface area (Å²) in [5, 5.41) is 0.0870. The van der Waals surface area contributed by atoms with E-state index in [1.807, 2.05) is 12.1 Å².